The van der Waals surface area contributed by atoms with Gasteiger partial charge in [0.15, 0.2) is 11.9 Å². The van der Waals surface area contributed by atoms with Crippen molar-refractivity contribution in [2.24, 2.45) is 0 Å². The highest BCUT2D eigenvalue weighted by Crippen LogP contribution is 2.37. The Morgan fingerprint density at radius 3 is 2.67 bits per heavy atom. The second-order valence-corrected chi connectivity index (χ2v) is 6.94. The third-order valence-electron chi connectivity index (χ3n) is 3.51. The normalized spacial score (nSPS) is 38.6. The molecule has 2 aliphatic rings. The Balaban J connectivity index is 2.21. The van der Waals surface area contributed by atoms with E-state index in [2.05, 4.69) is 0 Å². The van der Waals surface area contributed by atoms with Crippen LogP contribution < -0.4 is 0 Å². The van der Waals surface area contributed by atoms with Crippen LogP contribution in [0.4, 0.5) is 0 Å². The van der Waals surface area contributed by atoms with Gasteiger partial charge in [0.05, 0.1) is 6.61 Å². The predicted molar refractivity (Wildman–Crippen MR) is 78.0 cm³/mol. The maximum absolute atomic E-state index is 11.4. The smallest absolute Gasteiger partial charge is 0.303 e. The minimum absolute atomic E-state index is 0.223. The van der Waals surface area contributed by atoms with Crippen molar-refractivity contribution < 1.29 is 28.5 Å². The monoisotopic (exact) mass is 320 g/mol. The molecule has 2 heterocycles. The summed E-state index contributed by atoms with van der Waals surface area (Å²) in [6.45, 7) is 7.56. The van der Waals surface area contributed by atoms with Crippen molar-refractivity contribution in [1.29, 1.82) is 0 Å². The van der Waals surface area contributed by atoms with Gasteiger partial charge in [0, 0.05) is 14.0 Å². The zero-order chi connectivity index (χ0) is 15.6. The first kappa shape index (κ1) is 17.0. The second kappa shape index (κ2) is 6.83. The minimum atomic E-state index is -0.702. The standard InChI is InChI=1S/C14H24O6S/c1-6-21-13-12(18-8(2)15)11(16-5)10-9(19-13)7-17-14(3,4)20-10/h9-13H,6-7H2,1-5H3/t9-,10+,11-,12+,13?/m0/s1. The molecular weight excluding hydrogens is 296 g/mol. The molecule has 0 amide bonds. The van der Waals surface area contributed by atoms with Crippen LogP contribution in [0.1, 0.15) is 27.7 Å². The highest BCUT2D eigenvalue weighted by atomic mass is 32.2. The van der Waals surface area contributed by atoms with Crippen molar-refractivity contribution in [3.63, 3.8) is 0 Å². The van der Waals surface area contributed by atoms with E-state index >= 15 is 0 Å². The van der Waals surface area contributed by atoms with Crippen LogP contribution in [-0.2, 0) is 28.5 Å². The summed E-state index contributed by atoms with van der Waals surface area (Å²) in [7, 11) is 1.60. The van der Waals surface area contributed by atoms with Gasteiger partial charge >= 0.3 is 5.97 Å². The van der Waals surface area contributed by atoms with Gasteiger partial charge in [-0.05, 0) is 19.6 Å². The fourth-order valence-electron chi connectivity index (χ4n) is 2.68. The Bertz CT molecular complexity index is 374. The van der Waals surface area contributed by atoms with Crippen LogP contribution >= 0.6 is 11.8 Å². The summed E-state index contributed by atoms with van der Waals surface area (Å²) in [5.41, 5.74) is -0.279. The number of carbonyl (C=O) groups excluding carboxylic acids is 1. The topological polar surface area (TPSA) is 63.2 Å². The van der Waals surface area contributed by atoms with Crippen molar-refractivity contribution in [2.45, 2.75) is 63.3 Å². The Labute approximate surface area is 129 Å². The van der Waals surface area contributed by atoms with E-state index in [0.29, 0.717) is 6.61 Å². The quantitative estimate of drug-likeness (QED) is 0.728. The Kier molecular flexibility index (Phi) is 5.54. The lowest BCUT2D eigenvalue weighted by atomic mass is 9.98. The van der Waals surface area contributed by atoms with Crippen LogP contribution in [0.3, 0.4) is 0 Å². The van der Waals surface area contributed by atoms with Crippen LogP contribution in [0.2, 0.25) is 0 Å². The average molecular weight is 320 g/mol. The molecule has 6 nitrogen and oxygen atoms in total. The third-order valence-corrected chi connectivity index (χ3v) is 4.55. The zero-order valence-electron chi connectivity index (χ0n) is 13.2. The van der Waals surface area contributed by atoms with E-state index in [4.69, 9.17) is 23.7 Å². The van der Waals surface area contributed by atoms with Crippen molar-refractivity contribution in [3.05, 3.63) is 0 Å². The van der Waals surface area contributed by atoms with Gasteiger partial charge in [-0.15, -0.1) is 11.8 Å². The van der Waals surface area contributed by atoms with Crippen LogP contribution in [0.25, 0.3) is 0 Å². The summed E-state index contributed by atoms with van der Waals surface area (Å²) in [4.78, 5) is 11.4. The van der Waals surface area contributed by atoms with Gasteiger partial charge in [0.25, 0.3) is 0 Å². The van der Waals surface area contributed by atoms with Crippen LogP contribution in [-0.4, -0.2) is 61.1 Å². The van der Waals surface area contributed by atoms with E-state index in [1.807, 2.05) is 20.8 Å². The van der Waals surface area contributed by atoms with Gasteiger partial charge in [-0.1, -0.05) is 6.92 Å². The molecule has 7 heteroatoms. The number of esters is 1. The fraction of sp³-hybridized carbons (Fsp3) is 0.929. The number of hydrogen-bond acceptors (Lipinski definition) is 7. The molecular formula is C14H24O6S. The molecule has 122 valence electrons. The largest absolute Gasteiger partial charge is 0.456 e. The lowest BCUT2D eigenvalue weighted by molar-refractivity contribution is -0.352. The first-order valence-corrected chi connectivity index (χ1v) is 8.21. The molecule has 0 bridgehead atoms. The van der Waals surface area contributed by atoms with E-state index in [1.165, 1.54) is 6.92 Å². The maximum Gasteiger partial charge on any atom is 0.303 e. The molecule has 0 N–H and O–H groups in total. The minimum Gasteiger partial charge on any atom is -0.456 e. The van der Waals surface area contributed by atoms with Gasteiger partial charge in [0.2, 0.25) is 0 Å². The molecule has 5 atom stereocenters. The van der Waals surface area contributed by atoms with E-state index in [9.17, 15) is 4.79 Å². The van der Waals surface area contributed by atoms with Crippen molar-refractivity contribution >= 4 is 17.7 Å². The summed E-state index contributed by atoms with van der Waals surface area (Å²) in [5.74, 6) is -0.201. The molecule has 2 saturated heterocycles. The lowest BCUT2D eigenvalue weighted by Gasteiger charge is -2.50. The molecule has 21 heavy (non-hydrogen) atoms. The number of rotatable bonds is 4. The van der Waals surface area contributed by atoms with Crippen LogP contribution in [0.15, 0.2) is 0 Å². The molecule has 0 radical (unpaired) electrons. The number of hydrogen-bond donors (Lipinski definition) is 0. The Hall–Kier alpha value is -0.340. The average Bonchev–Trinajstić information content (AvgIpc) is 2.39. The summed E-state index contributed by atoms with van der Waals surface area (Å²) >= 11 is 1.59. The number of carbonyl (C=O) groups is 1. The Morgan fingerprint density at radius 2 is 2.10 bits per heavy atom. The number of methoxy groups -OCH3 is 1. The molecule has 0 aromatic rings. The molecule has 0 aromatic carbocycles. The molecule has 0 saturated carbocycles. The molecule has 1 unspecified atom stereocenters. The van der Waals surface area contributed by atoms with Crippen molar-refractivity contribution in [2.75, 3.05) is 19.5 Å². The third kappa shape index (κ3) is 3.90. The van der Waals surface area contributed by atoms with Gasteiger partial charge in [0.1, 0.15) is 23.7 Å². The van der Waals surface area contributed by atoms with Gasteiger partial charge in [-0.25, -0.2) is 0 Å². The van der Waals surface area contributed by atoms with Crippen LogP contribution in [0, 0.1) is 0 Å². The van der Waals surface area contributed by atoms with E-state index in [1.54, 1.807) is 18.9 Å². The first-order valence-electron chi connectivity index (χ1n) is 7.16. The highest BCUT2D eigenvalue weighted by molar-refractivity contribution is 7.99. The van der Waals surface area contributed by atoms with Crippen LogP contribution in [0.5, 0.6) is 0 Å². The summed E-state index contributed by atoms with van der Waals surface area (Å²) in [5, 5.41) is 0. The molecule has 0 aromatic heterocycles. The molecule has 2 rings (SSSR count). The molecule has 2 aliphatic heterocycles. The summed E-state index contributed by atoms with van der Waals surface area (Å²) in [6, 6.07) is 0. The maximum atomic E-state index is 11.4. The summed E-state index contributed by atoms with van der Waals surface area (Å²) < 4.78 is 28.7. The van der Waals surface area contributed by atoms with Gasteiger partial charge in [-0.3, -0.25) is 4.79 Å². The lowest BCUT2D eigenvalue weighted by Crippen LogP contribution is -2.65. The first-order chi connectivity index (χ1) is 9.88. The number of thioether (sulfide) groups is 1. The predicted octanol–water partition coefficient (Wildman–Crippen LogP) is 1.56. The van der Waals surface area contributed by atoms with Gasteiger partial charge < -0.3 is 23.7 Å². The molecule has 0 aliphatic carbocycles. The second-order valence-electron chi connectivity index (χ2n) is 5.57. The van der Waals surface area contributed by atoms with E-state index in [-0.39, 0.29) is 29.7 Å². The number of fused-ring (bicyclic) bond motifs is 1. The van der Waals surface area contributed by atoms with Gasteiger partial charge in [-0.2, -0.15) is 0 Å². The molecule has 0 spiro atoms. The van der Waals surface area contributed by atoms with Crippen molar-refractivity contribution in [1.82, 2.24) is 0 Å². The Morgan fingerprint density at radius 1 is 1.38 bits per heavy atom. The number of ether oxygens (including phenoxy) is 5. The van der Waals surface area contributed by atoms with E-state index < -0.39 is 11.9 Å². The summed E-state index contributed by atoms with van der Waals surface area (Å²) in [6.07, 6.45) is -1.41. The van der Waals surface area contributed by atoms with E-state index in [0.717, 1.165) is 5.75 Å². The SMILES string of the molecule is CCSC1O[C@H]2COC(C)(C)O[C@H]2[C@H](OC)[C@H]1OC(C)=O. The van der Waals surface area contributed by atoms with Crippen molar-refractivity contribution in [3.8, 4) is 0 Å². The highest BCUT2D eigenvalue weighted by Gasteiger charge is 2.53. The zero-order valence-corrected chi connectivity index (χ0v) is 14.0. The molecule has 2 fully saturated rings. The fourth-order valence-corrected chi connectivity index (χ4v) is 3.63.